The zero-order valence-corrected chi connectivity index (χ0v) is 11.4. The minimum Gasteiger partial charge on any atom is -0.491 e. The van der Waals surface area contributed by atoms with E-state index < -0.39 is 0 Å². The molecule has 18 heavy (non-hydrogen) atoms. The highest BCUT2D eigenvalue weighted by atomic mass is 35.5. The second-order valence-electron chi connectivity index (χ2n) is 5.38. The maximum absolute atomic E-state index is 6.30. The Morgan fingerprint density at radius 1 is 1.50 bits per heavy atom. The molecule has 0 aliphatic carbocycles. The van der Waals surface area contributed by atoms with Crippen molar-refractivity contribution in [2.75, 3.05) is 26.7 Å². The Morgan fingerprint density at radius 3 is 3.06 bits per heavy atom. The molecule has 1 aromatic carbocycles. The number of hydrogen-bond acceptors (Lipinski definition) is 3. The fraction of sp³-hybridized carbons (Fsp3) is 0.571. The average Bonchev–Trinajstić information content (AvgIpc) is 2.95. The van der Waals surface area contributed by atoms with Crippen molar-refractivity contribution in [1.29, 1.82) is 0 Å². The SMILES string of the molecule is CN1CC(CN)CC1c1cc(Cl)c2c(c1)CCO2. The van der Waals surface area contributed by atoms with E-state index in [0.717, 1.165) is 43.3 Å². The number of likely N-dealkylation sites (tertiary alicyclic amines) is 1. The molecule has 3 rings (SSSR count). The Balaban J connectivity index is 1.91. The summed E-state index contributed by atoms with van der Waals surface area (Å²) in [6.45, 7) is 2.60. The van der Waals surface area contributed by atoms with Gasteiger partial charge in [0.2, 0.25) is 0 Å². The third-order valence-electron chi connectivity index (χ3n) is 4.11. The first kappa shape index (κ1) is 12.3. The summed E-state index contributed by atoms with van der Waals surface area (Å²) in [5.74, 6) is 1.49. The van der Waals surface area contributed by atoms with E-state index in [1.54, 1.807) is 0 Å². The lowest BCUT2D eigenvalue weighted by molar-refractivity contribution is 0.313. The molecule has 2 unspecified atom stereocenters. The van der Waals surface area contributed by atoms with Gasteiger partial charge in [-0.2, -0.15) is 0 Å². The van der Waals surface area contributed by atoms with Gasteiger partial charge in [-0.05, 0) is 43.1 Å². The quantitative estimate of drug-likeness (QED) is 0.892. The summed E-state index contributed by atoms with van der Waals surface area (Å²) in [4.78, 5) is 2.38. The fourth-order valence-corrected chi connectivity index (χ4v) is 3.44. The molecule has 0 aromatic heterocycles. The monoisotopic (exact) mass is 266 g/mol. The Labute approximate surface area is 113 Å². The molecule has 98 valence electrons. The van der Waals surface area contributed by atoms with Gasteiger partial charge in [0.1, 0.15) is 5.75 Å². The minimum absolute atomic E-state index is 0.446. The van der Waals surface area contributed by atoms with Crippen LogP contribution < -0.4 is 10.5 Å². The summed E-state index contributed by atoms with van der Waals surface area (Å²) in [7, 11) is 2.16. The molecule has 1 saturated heterocycles. The summed E-state index contributed by atoms with van der Waals surface area (Å²) in [6, 6.07) is 4.77. The number of rotatable bonds is 2. The van der Waals surface area contributed by atoms with Gasteiger partial charge in [0.05, 0.1) is 11.6 Å². The molecule has 2 atom stereocenters. The lowest BCUT2D eigenvalue weighted by atomic mass is 9.97. The molecular formula is C14H19ClN2O. The van der Waals surface area contributed by atoms with E-state index in [2.05, 4.69) is 24.1 Å². The standard InChI is InChI=1S/C14H19ClN2O/c1-17-8-9(7-16)4-13(17)11-5-10-2-3-18-14(10)12(15)6-11/h5-6,9,13H,2-4,7-8,16H2,1H3. The molecule has 2 heterocycles. The maximum atomic E-state index is 6.30. The van der Waals surface area contributed by atoms with Gasteiger partial charge in [0, 0.05) is 19.0 Å². The molecule has 4 heteroatoms. The van der Waals surface area contributed by atoms with Crippen molar-refractivity contribution in [3.05, 3.63) is 28.3 Å². The highest BCUT2D eigenvalue weighted by Gasteiger charge is 2.31. The molecule has 0 bridgehead atoms. The van der Waals surface area contributed by atoms with Crippen LogP contribution in [0.2, 0.25) is 5.02 Å². The molecule has 2 aliphatic rings. The lowest BCUT2D eigenvalue weighted by Gasteiger charge is -2.20. The second-order valence-corrected chi connectivity index (χ2v) is 5.79. The molecule has 2 N–H and O–H groups in total. The van der Waals surface area contributed by atoms with Crippen LogP contribution in [-0.4, -0.2) is 31.6 Å². The number of fused-ring (bicyclic) bond motifs is 1. The summed E-state index contributed by atoms with van der Waals surface area (Å²) >= 11 is 6.30. The first-order chi connectivity index (χ1) is 8.69. The molecule has 0 radical (unpaired) electrons. The van der Waals surface area contributed by atoms with Gasteiger partial charge in [0.15, 0.2) is 0 Å². The van der Waals surface area contributed by atoms with Crippen LogP contribution in [0.25, 0.3) is 0 Å². The minimum atomic E-state index is 0.446. The third kappa shape index (κ3) is 2.00. The molecule has 1 aromatic rings. The highest BCUT2D eigenvalue weighted by molar-refractivity contribution is 6.32. The van der Waals surface area contributed by atoms with Crippen molar-refractivity contribution in [2.45, 2.75) is 18.9 Å². The number of nitrogens with zero attached hydrogens (tertiary/aromatic N) is 1. The van der Waals surface area contributed by atoms with Crippen LogP contribution in [0.15, 0.2) is 12.1 Å². The molecule has 3 nitrogen and oxygen atoms in total. The van der Waals surface area contributed by atoms with Crippen LogP contribution >= 0.6 is 11.6 Å². The first-order valence-electron chi connectivity index (χ1n) is 6.54. The van der Waals surface area contributed by atoms with Gasteiger partial charge in [-0.3, -0.25) is 4.90 Å². The van der Waals surface area contributed by atoms with Crippen molar-refractivity contribution >= 4 is 11.6 Å². The predicted octanol–water partition coefficient (Wildman–Crippen LogP) is 2.23. The van der Waals surface area contributed by atoms with Crippen molar-refractivity contribution in [3.8, 4) is 5.75 Å². The normalized spacial score (nSPS) is 27.3. The van der Waals surface area contributed by atoms with E-state index in [4.69, 9.17) is 22.1 Å². The van der Waals surface area contributed by atoms with Crippen LogP contribution in [0.3, 0.4) is 0 Å². The van der Waals surface area contributed by atoms with Crippen molar-refractivity contribution in [3.63, 3.8) is 0 Å². The van der Waals surface area contributed by atoms with Crippen LogP contribution in [-0.2, 0) is 6.42 Å². The van der Waals surface area contributed by atoms with Gasteiger partial charge in [-0.15, -0.1) is 0 Å². The van der Waals surface area contributed by atoms with Crippen molar-refractivity contribution in [1.82, 2.24) is 4.90 Å². The Kier molecular flexibility index (Phi) is 3.22. The van der Waals surface area contributed by atoms with Gasteiger partial charge < -0.3 is 10.5 Å². The smallest absolute Gasteiger partial charge is 0.141 e. The largest absolute Gasteiger partial charge is 0.491 e. The number of nitrogens with two attached hydrogens (primary N) is 1. The first-order valence-corrected chi connectivity index (χ1v) is 6.92. The van der Waals surface area contributed by atoms with Crippen LogP contribution in [0.4, 0.5) is 0 Å². The Hall–Kier alpha value is -0.770. The highest BCUT2D eigenvalue weighted by Crippen LogP contribution is 2.40. The van der Waals surface area contributed by atoms with E-state index in [9.17, 15) is 0 Å². The lowest BCUT2D eigenvalue weighted by Crippen LogP contribution is -2.20. The predicted molar refractivity (Wildman–Crippen MR) is 73.2 cm³/mol. The molecular weight excluding hydrogens is 248 g/mol. The van der Waals surface area contributed by atoms with E-state index >= 15 is 0 Å². The third-order valence-corrected chi connectivity index (χ3v) is 4.39. The molecule has 2 aliphatic heterocycles. The van der Waals surface area contributed by atoms with Crippen LogP contribution in [0.5, 0.6) is 5.75 Å². The van der Waals surface area contributed by atoms with Gasteiger partial charge in [-0.25, -0.2) is 0 Å². The van der Waals surface area contributed by atoms with Gasteiger partial charge in [-0.1, -0.05) is 17.7 Å². The second kappa shape index (κ2) is 4.72. The summed E-state index contributed by atoms with van der Waals surface area (Å²) < 4.78 is 5.55. The maximum Gasteiger partial charge on any atom is 0.141 e. The molecule has 0 amide bonds. The van der Waals surface area contributed by atoms with Crippen LogP contribution in [0.1, 0.15) is 23.6 Å². The van der Waals surface area contributed by atoms with Crippen molar-refractivity contribution in [2.24, 2.45) is 11.7 Å². The summed E-state index contributed by atoms with van der Waals surface area (Å²) in [5.41, 5.74) is 8.34. The van der Waals surface area contributed by atoms with Crippen LogP contribution in [0, 0.1) is 5.92 Å². The van der Waals surface area contributed by atoms with E-state index in [0.29, 0.717) is 12.0 Å². The number of benzene rings is 1. The number of hydrogen-bond donors (Lipinski definition) is 1. The van der Waals surface area contributed by atoms with E-state index in [1.165, 1.54) is 11.1 Å². The van der Waals surface area contributed by atoms with Crippen molar-refractivity contribution < 1.29 is 4.74 Å². The zero-order chi connectivity index (χ0) is 12.7. The molecule has 0 spiro atoms. The average molecular weight is 267 g/mol. The Bertz CT molecular complexity index is 463. The summed E-state index contributed by atoms with van der Waals surface area (Å²) in [6.07, 6.45) is 2.10. The molecule has 0 saturated carbocycles. The Morgan fingerprint density at radius 2 is 2.33 bits per heavy atom. The van der Waals surface area contributed by atoms with E-state index in [1.807, 2.05) is 0 Å². The van der Waals surface area contributed by atoms with Gasteiger partial charge >= 0.3 is 0 Å². The molecule has 1 fully saturated rings. The topological polar surface area (TPSA) is 38.5 Å². The van der Waals surface area contributed by atoms with E-state index in [-0.39, 0.29) is 0 Å². The number of halogens is 1. The summed E-state index contributed by atoms with van der Waals surface area (Å²) in [5, 5.41) is 0.754. The van der Waals surface area contributed by atoms with Gasteiger partial charge in [0.25, 0.3) is 0 Å². The fourth-order valence-electron chi connectivity index (χ4n) is 3.14. The number of ether oxygens (including phenoxy) is 1. The zero-order valence-electron chi connectivity index (χ0n) is 10.7.